The van der Waals surface area contributed by atoms with Crippen LogP contribution in [0.25, 0.3) is 33.4 Å². The number of hydrogen-bond acceptors (Lipinski definition) is 0. The van der Waals surface area contributed by atoms with Crippen LogP contribution in [0.15, 0.2) is 158 Å². The van der Waals surface area contributed by atoms with Crippen LogP contribution in [-0.4, -0.2) is 4.21 Å². The molecule has 0 nitrogen and oxygen atoms in total. The number of benzene rings is 6. The fourth-order valence-electron chi connectivity index (χ4n) is 6.69. The molecule has 56 heavy (non-hydrogen) atoms. The maximum absolute atomic E-state index is 3.88. The Hall–Kier alpha value is -4.71. The second-order valence-corrected chi connectivity index (χ2v) is 16.3. The van der Waals surface area contributed by atoms with E-state index in [-0.39, 0.29) is 10.8 Å². The first kappa shape index (κ1) is 44.0. The number of fused-ring (bicyclic) bond motifs is 3. The summed E-state index contributed by atoms with van der Waals surface area (Å²) in [5.41, 5.74) is 15.9. The maximum atomic E-state index is 3.88. The molecule has 0 aliphatic heterocycles. The van der Waals surface area contributed by atoms with Gasteiger partial charge in [-0.3, -0.25) is 6.08 Å². The molecule has 0 bridgehead atoms. The van der Waals surface area contributed by atoms with E-state index in [0.29, 0.717) is 0 Å². The summed E-state index contributed by atoms with van der Waals surface area (Å²) >= 11 is 1.30. The average molecular weight is 810 g/mol. The van der Waals surface area contributed by atoms with Crippen molar-refractivity contribution in [3.05, 3.63) is 216 Å². The first-order valence-corrected chi connectivity index (χ1v) is 21.2. The Morgan fingerprint density at radius 1 is 0.607 bits per heavy atom. The molecule has 8 rings (SSSR count). The predicted molar refractivity (Wildman–Crippen MR) is 242 cm³/mol. The molecule has 0 spiro atoms. The van der Waals surface area contributed by atoms with E-state index in [1.807, 2.05) is 48.6 Å². The minimum atomic E-state index is 0.0380. The van der Waals surface area contributed by atoms with Gasteiger partial charge >= 0.3 is 28.4 Å². The third-order valence-corrected chi connectivity index (χ3v) is 9.60. The van der Waals surface area contributed by atoms with Crippen LogP contribution in [0.4, 0.5) is 0 Å². The van der Waals surface area contributed by atoms with Gasteiger partial charge in [0.05, 0.1) is 0 Å². The summed E-state index contributed by atoms with van der Waals surface area (Å²) in [7, 11) is 0. The molecule has 0 fully saturated rings. The van der Waals surface area contributed by atoms with Crippen molar-refractivity contribution in [1.82, 2.24) is 0 Å². The molecule has 0 saturated carbocycles. The van der Waals surface area contributed by atoms with Crippen molar-refractivity contribution in [1.29, 1.82) is 0 Å². The van der Waals surface area contributed by atoms with Gasteiger partial charge in [-0.05, 0) is 39.5 Å². The summed E-state index contributed by atoms with van der Waals surface area (Å²) in [6.45, 7) is 21.9. The summed E-state index contributed by atoms with van der Waals surface area (Å²) < 4.78 is 3.34. The van der Waals surface area contributed by atoms with E-state index in [4.69, 9.17) is 0 Å². The summed E-state index contributed by atoms with van der Waals surface area (Å²) in [5.74, 6) is 1.37. The fraction of sp³-hybridized carbons (Fsp3) is 0.218. The Labute approximate surface area is 354 Å². The van der Waals surface area contributed by atoms with Crippen molar-refractivity contribution in [2.24, 2.45) is 0 Å². The van der Waals surface area contributed by atoms with Gasteiger partial charge in [0.1, 0.15) is 0 Å². The zero-order chi connectivity index (χ0) is 40.7. The third-order valence-electron chi connectivity index (χ3n) is 9.60. The van der Waals surface area contributed by atoms with Gasteiger partial charge in [-0.1, -0.05) is 157 Å². The first-order valence-electron chi connectivity index (χ1n) is 19.5. The van der Waals surface area contributed by atoms with Gasteiger partial charge in [0.15, 0.2) is 0 Å². The second-order valence-electron chi connectivity index (χ2n) is 16.3. The summed E-state index contributed by atoms with van der Waals surface area (Å²) in [5, 5.41) is 0. The molecule has 0 amide bonds. The van der Waals surface area contributed by atoms with Gasteiger partial charge in [0.2, 0.25) is 0 Å². The van der Waals surface area contributed by atoms with E-state index in [0.717, 1.165) is 18.4 Å². The van der Waals surface area contributed by atoms with Crippen molar-refractivity contribution in [3.63, 3.8) is 0 Å². The molecular weight excluding hydrogens is 752 g/mol. The Morgan fingerprint density at radius 3 is 1.52 bits per heavy atom. The van der Waals surface area contributed by atoms with Crippen LogP contribution in [-0.2, 0) is 41.5 Å². The van der Waals surface area contributed by atoms with Crippen LogP contribution in [0.1, 0.15) is 95.2 Å². The molecule has 1 heteroatoms. The van der Waals surface area contributed by atoms with Crippen LogP contribution in [0.2, 0.25) is 0 Å². The Morgan fingerprint density at radius 2 is 1.11 bits per heavy atom. The number of rotatable bonds is 3. The predicted octanol–water partition coefficient (Wildman–Crippen LogP) is 14.8. The van der Waals surface area contributed by atoms with Gasteiger partial charge in [0.25, 0.3) is 0 Å². The normalized spacial score (nSPS) is 11.8. The molecule has 6 aromatic rings. The van der Waals surface area contributed by atoms with E-state index in [9.17, 15) is 0 Å². The standard InChI is InChI=1S/C33H33.C9H11.C7H7.C5H5.CH2.Zr/c1-32(2,3)30-20-26-24(18-28(30)22-13-9-7-10-14-22)17-25-19-29(23-15-11-8-12-16-23)31(21-27(25)26)33(4,5)6;1-8(2)9-6-4-3-5-7-9;1-7-5-3-2-4-6-7;1-2-4-5-3-1;;/h7-16,18,20-21H,17H2,1-6H3;3-7H,1-2H3;2-6H,1H2;1-3H,4H2;1H2;/q4*-1;;. The van der Waals surface area contributed by atoms with E-state index < -0.39 is 0 Å². The van der Waals surface area contributed by atoms with Gasteiger partial charge in [-0.2, -0.15) is 54.3 Å². The van der Waals surface area contributed by atoms with Crippen molar-refractivity contribution in [3.8, 4) is 33.4 Å². The van der Waals surface area contributed by atoms with E-state index >= 15 is 0 Å². The zero-order valence-electron chi connectivity index (χ0n) is 34.8. The zero-order valence-corrected chi connectivity index (χ0v) is 37.3. The minimum absolute atomic E-state index is 0.0380. The number of allylic oxidation sites excluding steroid dienone is 4. The molecule has 2 aliphatic rings. The third kappa shape index (κ3) is 12.4. The quantitative estimate of drug-likeness (QED) is 0.156. The summed E-state index contributed by atoms with van der Waals surface area (Å²) in [6.07, 6.45) is 10.9. The van der Waals surface area contributed by atoms with Gasteiger partial charge in [-0.25, -0.2) is 12.2 Å². The van der Waals surface area contributed by atoms with Crippen LogP contribution in [0.5, 0.6) is 0 Å². The molecule has 2 aliphatic carbocycles. The summed E-state index contributed by atoms with van der Waals surface area (Å²) in [6, 6.07) is 53.1. The molecule has 286 valence electrons. The fourth-order valence-corrected chi connectivity index (χ4v) is 6.69. The van der Waals surface area contributed by atoms with E-state index in [2.05, 4.69) is 188 Å². The average Bonchev–Trinajstić information content (AvgIpc) is 3.91. The summed E-state index contributed by atoms with van der Waals surface area (Å²) in [4.78, 5) is 0. The SMILES string of the molecule is CC(C)(C)c1cc2c([c-]c1-c1ccccc1)Cc1cc(-c3ccccc3)c(C(C)(C)C)cc1-2.C[C-](C)c1ccccc1.[C-]1=CC=CC1.[CH2-]c1ccccc1.[CH2]=[Zr]. The molecule has 0 N–H and O–H groups in total. The van der Waals surface area contributed by atoms with E-state index in [1.165, 1.54) is 91.4 Å². The molecule has 0 aromatic heterocycles. The van der Waals surface area contributed by atoms with Gasteiger partial charge in [0, 0.05) is 0 Å². The molecular formula is C55H58Zr-4. The molecule has 0 radical (unpaired) electrons. The molecule has 0 atom stereocenters. The van der Waals surface area contributed by atoms with Crippen molar-refractivity contribution >= 4 is 4.21 Å². The van der Waals surface area contributed by atoms with Crippen molar-refractivity contribution in [2.45, 2.75) is 79.1 Å². The van der Waals surface area contributed by atoms with Crippen LogP contribution in [0.3, 0.4) is 0 Å². The Bertz CT molecular complexity index is 2030. The van der Waals surface area contributed by atoms with Crippen LogP contribution >= 0.6 is 0 Å². The van der Waals surface area contributed by atoms with Crippen molar-refractivity contribution in [2.75, 3.05) is 0 Å². The van der Waals surface area contributed by atoms with Crippen molar-refractivity contribution < 1.29 is 24.2 Å². The Balaban J connectivity index is 0.000000243. The monoisotopic (exact) mass is 808 g/mol. The van der Waals surface area contributed by atoms with Crippen LogP contribution in [0, 0.1) is 25.0 Å². The second kappa shape index (κ2) is 21.0. The number of hydrogen-bond donors (Lipinski definition) is 0. The molecule has 0 saturated heterocycles. The topological polar surface area (TPSA) is 0 Å². The molecule has 0 unspecified atom stereocenters. The molecule has 0 heterocycles. The molecule has 6 aromatic carbocycles. The first-order chi connectivity index (χ1) is 26.8. The van der Waals surface area contributed by atoms with Crippen LogP contribution < -0.4 is 0 Å². The van der Waals surface area contributed by atoms with E-state index in [1.54, 1.807) is 0 Å². The van der Waals surface area contributed by atoms with Gasteiger partial charge < -0.3 is 0 Å². The van der Waals surface area contributed by atoms with Gasteiger partial charge in [-0.15, -0.1) is 59.5 Å². The Kier molecular flexibility index (Phi) is 16.5.